The summed E-state index contributed by atoms with van der Waals surface area (Å²) >= 11 is 0. The molecule has 1 heterocycles. The van der Waals surface area contributed by atoms with E-state index in [1.807, 2.05) is 55.5 Å². The summed E-state index contributed by atoms with van der Waals surface area (Å²) in [6.45, 7) is 3.76. The summed E-state index contributed by atoms with van der Waals surface area (Å²) in [5.41, 5.74) is 3.87. The number of benzene rings is 3. The van der Waals surface area contributed by atoms with Crippen molar-refractivity contribution in [2.75, 3.05) is 5.32 Å². The Balaban J connectivity index is 1.55. The number of rotatable bonds is 6. The molecule has 0 spiro atoms. The summed E-state index contributed by atoms with van der Waals surface area (Å²) in [7, 11) is 0. The van der Waals surface area contributed by atoms with Crippen LogP contribution in [0, 0.1) is 6.92 Å². The fourth-order valence-electron chi connectivity index (χ4n) is 3.21. The molecule has 156 valence electrons. The zero-order chi connectivity index (χ0) is 21.8. The molecule has 0 aliphatic carbocycles. The van der Waals surface area contributed by atoms with Crippen LogP contribution in [-0.4, -0.2) is 23.0 Å². The molecule has 1 unspecified atom stereocenters. The summed E-state index contributed by atoms with van der Waals surface area (Å²) in [4.78, 5) is 30.1. The van der Waals surface area contributed by atoms with E-state index in [1.165, 1.54) is 0 Å². The second-order valence-electron chi connectivity index (χ2n) is 7.19. The van der Waals surface area contributed by atoms with Crippen molar-refractivity contribution in [3.63, 3.8) is 0 Å². The molecule has 1 N–H and O–H groups in total. The van der Waals surface area contributed by atoms with Crippen LogP contribution in [0.3, 0.4) is 0 Å². The third-order valence-corrected chi connectivity index (χ3v) is 4.90. The molecule has 6 nitrogen and oxygen atoms in total. The normalized spacial score (nSPS) is 11.8. The molecule has 1 amide bonds. The quantitative estimate of drug-likeness (QED) is 0.429. The number of ether oxygens (including phenoxy) is 1. The molecule has 4 aromatic rings. The second kappa shape index (κ2) is 8.83. The van der Waals surface area contributed by atoms with Crippen molar-refractivity contribution in [1.29, 1.82) is 0 Å². The van der Waals surface area contributed by atoms with Crippen molar-refractivity contribution in [2.45, 2.75) is 26.4 Å². The molecule has 6 heteroatoms. The fraction of sp³-hybridized carbons (Fsp3) is 0.160. The summed E-state index contributed by atoms with van der Waals surface area (Å²) < 4.78 is 11.4. The Hall–Kier alpha value is -3.93. The lowest BCUT2D eigenvalue weighted by Gasteiger charge is -2.17. The van der Waals surface area contributed by atoms with Crippen molar-refractivity contribution in [2.24, 2.45) is 0 Å². The summed E-state index contributed by atoms with van der Waals surface area (Å²) in [6, 6.07) is 21.7. The lowest BCUT2D eigenvalue weighted by molar-refractivity contribution is -0.124. The molecule has 4 rings (SSSR count). The zero-order valence-electron chi connectivity index (χ0n) is 17.3. The van der Waals surface area contributed by atoms with Gasteiger partial charge in [-0.2, -0.15) is 0 Å². The van der Waals surface area contributed by atoms with Crippen molar-refractivity contribution in [3.05, 3.63) is 83.9 Å². The van der Waals surface area contributed by atoms with Gasteiger partial charge < -0.3 is 14.5 Å². The van der Waals surface area contributed by atoms with Gasteiger partial charge in [0.15, 0.2) is 11.7 Å². The molecule has 0 fully saturated rings. The van der Waals surface area contributed by atoms with Crippen LogP contribution in [0.2, 0.25) is 0 Å². The minimum Gasteiger partial charge on any atom is -0.449 e. The topological polar surface area (TPSA) is 81.4 Å². The minimum atomic E-state index is -0.925. The molecule has 3 aromatic carbocycles. The molecule has 31 heavy (non-hydrogen) atoms. The van der Waals surface area contributed by atoms with Gasteiger partial charge in [0, 0.05) is 5.69 Å². The first-order valence-corrected chi connectivity index (χ1v) is 10.1. The summed E-state index contributed by atoms with van der Waals surface area (Å²) in [6.07, 6.45) is -0.584. The van der Waals surface area contributed by atoms with Gasteiger partial charge in [-0.25, -0.2) is 9.78 Å². The highest BCUT2D eigenvalue weighted by atomic mass is 16.5. The predicted molar refractivity (Wildman–Crippen MR) is 119 cm³/mol. The molecule has 0 saturated carbocycles. The molecule has 0 bridgehead atoms. The van der Waals surface area contributed by atoms with Gasteiger partial charge >= 0.3 is 5.97 Å². The summed E-state index contributed by atoms with van der Waals surface area (Å²) in [5.74, 6) is -0.659. The van der Waals surface area contributed by atoms with E-state index in [9.17, 15) is 9.59 Å². The highest BCUT2D eigenvalue weighted by molar-refractivity contribution is 6.00. The number of carbonyl (C=O) groups is 2. The summed E-state index contributed by atoms with van der Waals surface area (Å²) in [5, 5.41) is 2.79. The van der Waals surface area contributed by atoms with E-state index in [0.717, 1.165) is 5.56 Å². The number of amides is 1. The number of hydrogen-bond acceptors (Lipinski definition) is 5. The molecule has 1 aromatic heterocycles. The van der Waals surface area contributed by atoms with Crippen LogP contribution >= 0.6 is 0 Å². The maximum absolute atomic E-state index is 13.0. The van der Waals surface area contributed by atoms with Gasteiger partial charge in [-0.1, -0.05) is 48.9 Å². The maximum Gasteiger partial charge on any atom is 0.339 e. The van der Waals surface area contributed by atoms with E-state index >= 15 is 0 Å². The Morgan fingerprint density at radius 3 is 2.45 bits per heavy atom. The Bertz CT molecular complexity index is 1190. The average Bonchev–Trinajstić information content (AvgIpc) is 3.23. The zero-order valence-corrected chi connectivity index (χ0v) is 17.3. The molecule has 1 atom stereocenters. The van der Waals surface area contributed by atoms with E-state index < -0.39 is 12.1 Å². The minimum absolute atomic E-state index is 0.288. The number of aryl methyl sites for hydroxylation is 1. The van der Waals surface area contributed by atoms with Crippen LogP contribution in [0.15, 0.2) is 77.2 Å². The van der Waals surface area contributed by atoms with Gasteiger partial charge in [-0.15, -0.1) is 0 Å². The van der Waals surface area contributed by atoms with Crippen LogP contribution in [0.25, 0.3) is 22.6 Å². The average molecular weight is 414 g/mol. The number of nitrogens with one attached hydrogen (secondary N) is 1. The second-order valence-corrected chi connectivity index (χ2v) is 7.19. The van der Waals surface area contributed by atoms with Gasteiger partial charge in [0.2, 0.25) is 5.89 Å². The van der Waals surface area contributed by atoms with E-state index in [1.54, 1.807) is 31.2 Å². The standard InChI is InChI=1S/C25H22N2O4/c1-3-21(23(28)26-17-14-12-16(2)13-15-17)31-25(29)19-9-5-4-8-18(19)24-27-20-10-6-7-11-22(20)30-24/h4-15,21H,3H2,1-2H3,(H,26,28). The molecule has 0 aliphatic heterocycles. The van der Waals surface area contributed by atoms with Crippen LogP contribution < -0.4 is 5.32 Å². The first-order valence-electron chi connectivity index (χ1n) is 10.1. The first-order chi connectivity index (χ1) is 15.0. The number of esters is 1. The van der Waals surface area contributed by atoms with E-state index in [2.05, 4.69) is 10.3 Å². The van der Waals surface area contributed by atoms with Crippen molar-refractivity contribution in [1.82, 2.24) is 4.98 Å². The molecular weight excluding hydrogens is 392 g/mol. The SMILES string of the molecule is CCC(OC(=O)c1ccccc1-c1nc2ccccc2o1)C(=O)Nc1ccc(C)cc1. The van der Waals surface area contributed by atoms with Gasteiger partial charge in [0.1, 0.15) is 5.52 Å². The van der Waals surface area contributed by atoms with Crippen molar-refractivity contribution in [3.8, 4) is 11.5 Å². The molecule has 0 radical (unpaired) electrons. The van der Waals surface area contributed by atoms with Crippen LogP contribution in [0.5, 0.6) is 0 Å². The van der Waals surface area contributed by atoms with Crippen LogP contribution in [0.4, 0.5) is 5.69 Å². The Kier molecular flexibility index (Phi) is 5.80. The molecular formula is C25H22N2O4. The van der Waals surface area contributed by atoms with Crippen LogP contribution in [-0.2, 0) is 9.53 Å². The van der Waals surface area contributed by atoms with Gasteiger partial charge in [-0.3, -0.25) is 4.79 Å². The number of carbonyl (C=O) groups excluding carboxylic acids is 2. The number of para-hydroxylation sites is 2. The Labute approximate surface area is 179 Å². The molecule has 0 aliphatic rings. The highest BCUT2D eigenvalue weighted by Crippen LogP contribution is 2.27. The number of anilines is 1. The van der Waals surface area contributed by atoms with E-state index in [0.29, 0.717) is 34.7 Å². The fourth-order valence-corrected chi connectivity index (χ4v) is 3.21. The Morgan fingerprint density at radius 1 is 1.00 bits per heavy atom. The monoisotopic (exact) mass is 414 g/mol. The highest BCUT2D eigenvalue weighted by Gasteiger charge is 2.25. The lowest BCUT2D eigenvalue weighted by atomic mass is 10.1. The number of fused-ring (bicyclic) bond motifs is 1. The number of nitrogens with zero attached hydrogens (tertiary/aromatic N) is 1. The predicted octanol–water partition coefficient (Wildman–Crippen LogP) is 5.38. The maximum atomic E-state index is 13.0. The number of aromatic nitrogens is 1. The Morgan fingerprint density at radius 2 is 1.71 bits per heavy atom. The first kappa shape index (κ1) is 20.3. The smallest absolute Gasteiger partial charge is 0.339 e. The van der Waals surface area contributed by atoms with Crippen LogP contribution in [0.1, 0.15) is 29.3 Å². The van der Waals surface area contributed by atoms with E-state index in [-0.39, 0.29) is 11.5 Å². The van der Waals surface area contributed by atoms with Crippen molar-refractivity contribution >= 4 is 28.7 Å². The van der Waals surface area contributed by atoms with E-state index in [4.69, 9.17) is 9.15 Å². The number of oxazole rings is 1. The third kappa shape index (κ3) is 4.48. The van der Waals surface area contributed by atoms with Gasteiger partial charge in [0.05, 0.1) is 11.1 Å². The largest absolute Gasteiger partial charge is 0.449 e. The van der Waals surface area contributed by atoms with Gasteiger partial charge in [-0.05, 0) is 49.7 Å². The molecule has 0 saturated heterocycles. The lowest BCUT2D eigenvalue weighted by Crippen LogP contribution is -2.32. The number of hydrogen-bond donors (Lipinski definition) is 1. The van der Waals surface area contributed by atoms with Gasteiger partial charge in [0.25, 0.3) is 5.91 Å². The van der Waals surface area contributed by atoms with Crippen molar-refractivity contribution < 1.29 is 18.7 Å². The third-order valence-electron chi connectivity index (χ3n) is 4.90.